The second-order valence-corrected chi connectivity index (χ2v) is 4.22. The molecule has 0 aliphatic carbocycles. The average molecular weight is 237 g/mol. The van der Waals surface area contributed by atoms with Crippen LogP contribution in [-0.2, 0) is 11.2 Å². The van der Waals surface area contributed by atoms with Gasteiger partial charge in [0.15, 0.2) is 0 Å². The molecule has 0 aliphatic heterocycles. The van der Waals surface area contributed by atoms with Crippen LogP contribution in [0, 0.1) is 5.92 Å². The molecule has 0 heterocycles. The van der Waals surface area contributed by atoms with Crippen LogP contribution in [0.15, 0.2) is 30.3 Å². The van der Waals surface area contributed by atoms with Crippen LogP contribution >= 0.6 is 0 Å². The maximum atomic E-state index is 10.8. The van der Waals surface area contributed by atoms with E-state index in [2.05, 4.69) is 12.1 Å². The highest BCUT2D eigenvalue weighted by molar-refractivity contribution is 5.70. The Hall–Kier alpha value is -1.39. The fourth-order valence-electron chi connectivity index (χ4n) is 1.65. The van der Waals surface area contributed by atoms with Gasteiger partial charge in [0.25, 0.3) is 0 Å². The second kappa shape index (κ2) is 7.04. The standard InChI is InChI=1S/C13H19NO3/c1-14(9-12(10-15)13(16)17)8-7-11-5-3-2-4-6-11/h2-6,12,15H,7-10H2,1H3,(H,16,17). The topological polar surface area (TPSA) is 60.8 Å². The lowest BCUT2D eigenvalue weighted by Crippen LogP contribution is -2.33. The first-order chi connectivity index (χ1) is 8.13. The maximum absolute atomic E-state index is 10.8. The Morgan fingerprint density at radius 1 is 1.35 bits per heavy atom. The number of carbonyl (C=O) groups is 1. The third kappa shape index (κ3) is 4.97. The fourth-order valence-corrected chi connectivity index (χ4v) is 1.65. The number of aliphatic hydroxyl groups excluding tert-OH is 1. The number of carboxylic acids is 1. The molecule has 0 fully saturated rings. The number of carboxylic acid groups (broad SMARTS) is 1. The highest BCUT2D eigenvalue weighted by Crippen LogP contribution is 2.03. The lowest BCUT2D eigenvalue weighted by atomic mass is 10.1. The van der Waals surface area contributed by atoms with Crippen LogP contribution < -0.4 is 0 Å². The Morgan fingerprint density at radius 3 is 2.53 bits per heavy atom. The molecule has 0 saturated heterocycles. The van der Waals surface area contributed by atoms with Crippen LogP contribution in [-0.4, -0.2) is 47.8 Å². The van der Waals surface area contributed by atoms with E-state index < -0.39 is 11.9 Å². The highest BCUT2D eigenvalue weighted by Gasteiger charge is 2.17. The molecule has 17 heavy (non-hydrogen) atoms. The van der Waals surface area contributed by atoms with Gasteiger partial charge in [0.1, 0.15) is 0 Å². The van der Waals surface area contributed by atoms with Crippen LogP contribution in [0.3, 0.4) is 0 Å². The van der Waals surface area contributed by atoms with E-state index in [0.717, 1.165) is 13.0 Å². The predicted octanol–water partition coefficient (Wildman–Crippen LogP) is 0.854. The van der Waals surface area contributed by atoms with Gasteiger partial charge >= 0.3 is 5.97 Å². The SMILES string of the molecule is CN(CCc1ccccc1)CC(CO)C(=O)O. The van der Waals surface area contributed by atoms with Crippen LogP contribution in [0.25, 0.3) is 0 Å². The molecule has 2 N–H and O–H groups in total. The molecule has 0 aliphatic rings. The molecule has 0 spiro atoms. The van der Waals surface area contributed by atoms with E-state index in [4.69, 9.17) is 10.2 Å². The van der Waals surface area contributed by atoms with Gasteiger partial charge in [-0.15, -0.1) is 0 Å². The molecular weight excluding hydrogens is 218 g/mol. The Kier molecular flexibility index (Phi) is 5.66. The molecule has 0 bridgehead atoms. The summed E-state index contributed by atoms with van der Waals surface area (Å²) < 4.78 is 0. The normalized spacial score (nSPS) is 12.6. The highest BCUT2D eigenvalue weighted by atomic mass is 16.4. The van der Waals surface area contributed by atoms with E-state index in [1.165, 1.54) is 5.56 Å². The van der Waals surface area contributed by atoms with Crippen LogP contribution in [0.5, 0.6) is 0 Å². The van der Waals surface area contributed by atoms with Crippen molar-refractivity contribution in [3.05, 3.63) is 35.9 Å². The molecule has 1 aromatic rings. The van der Waals surface area contributed by atoms with Gasteiger partial charge in [-0.3, -0.25) is 4.79 Å². The molecule has 1 aromatic carbocycles. The first-order valence-corrected chi connectivity index (χ1v) is 5.69. The molecule has 1 unspecified atom stereocenters. The number of rotatable bonds is 7. The third-order valence-corrected chi connectivity index (χ3v) is 2.73. The summed E-state index contributed by atoms with van der Waals surface area (Å²) in [5.74, 6) is -1.64. The lowest BCUT2D eigenvalue weighted by molar-refractivity contribution is -0.143. The van der Waals surface area contributed by atoms with E-state index in [1.807, 2.05) is 30.1 Å². The van der Waals surface area contributed by atoms with Crippen molar-refractivity contribution in [3.8, 4) is 0 Å². The maximum Gasteiger partial charge on any atom is 0.310 e. The van der Waals surface area contributed by atoms with E-state index in [1.54, 1.807) is 0 Å². The van der Waals surface area contributed by atoms with Gasteiger partial charge in [0.2, 0.25) is 0 Å². The van der Waals surface area contributed by atoms with Crippen LogP contribution in [0.4, 0.5) is 0 Å². The van der Waals surface area contributed by atoms with Crippen molar-refractivity contribution in [2.45, 2.75) is 6.42 Å². The minimum Gasteiger partial charge on any atom is -0.481 e. The number of aliphatic carboxylic acids is 1. The predicted molar refractivity (Wildman–Crippen MR) is 65.9 cm³/mol. The van der Waals surface area contributed by atoms with Gasteiger partial charge in [0.05, 0.1) is 12.5 Å². The van der Waals surface area contributed by atoms with Crippen molar-refractivity contribution in [1.29, 1.82) is 0 Å². The molecule has 4 nitrogen and oxygen atoms in total. The van der Waals surface area contributed by atoms with Gasteiger partial charge in [-0.25, -0.2) is 0 Å². The third-order valence-electron chi connectivity index (χ3n) is 2.73. The van der Waals surface area contributed by atoms with Crippen molar-refractivity contribution in [2.75, 3.05) is 26.7 Å². The van der Waals surface area contributed by atoms with Crippen molar-refractivity contribution in [1.82, 2.24) is 4.90 Å². The molecule has 0 saturated carbocycles. The monoisotopic (exact) mass is 237 g/mol. The summed E-state index contributed by atoms with van der Waals surface area (Å²) >= 11 is 0. The van der Waals surface area contributed by atoms with E-state index >= 15 is 0 Å². The molecule has 0 aromatic heterocycles. The van der Waals surface area contributed by atoms with Gasteiger partial charge < -0.3 is 15.1 Å². The number of likely N-dealkylation sites (N-methyl/N-ethyl adjacent to an activating group) is 1. The number of nitrogens with zero attached hydrogens (tertiary/aromatic N) is 1. The number of aliphatic hydroxyl groups is 1. The molecule has 4 heteroatoms. The largest absolute Gasteiger partial charge is 0.481 e. The minimum absolute atomic E-state index is 0.314. The smallest absolute Gasteiger partial charge is 0.310 e. The zero-order valence-corrected chi connectivity index (χ0v) is 10.0. The molecule has 0 radical (unpaired) electrons. The van der Waals surface area contributed by atoms with Gasteiger partial charge in [-0.05, 0) is 19.0 Å². The molecule has 1 rings (SSSR count). The van der Waals surface area contributed by atoms with Crippen molar-refractivity contribution in [2.24, 2.45) is 5.92 Å². The zero-order valence-electron chi connectivity index (χ0n) is 10.0. The first kappa shape index (κ1) is 13.7. The second-order valence-electron chi connectivity index (χ2n) is 4.22. The summed E-state index contributed by atoms with van der Waals surface area (Å²) in [6, 6.07) is 10.1. The van der Waals surface area contributed by atoms with Crippen LogP contribution in [0.1, 0.15) is 5.56 Å². The Morgan fingerprint density at radius 2 is 2.00 bits per heavy atom. The number of benzene rings is 1. The molecule has 94 valence electrons. The average Bonchev–Trinajstić information content (AvgIpc) is 2.34. The van der Waals surface area contributed by atoms with Crippen molar-refractivity contribution in [3.63, 3.8) is 0 Å². The van der Waals surface area contributed by atoms with E-state index in [9.17, 15) is 4.79 Å². The summed E-state index contributed by atoms with van der Waals surface area (Å²) in [4.78, 5) is 12.7. The first-order valence-electron chi connectivity index (χ1n) is 5.69. The van der Waals surface area contributed by atoms with Gasteiger partial charge in [0, 0.05) is 13.1 Å². The summed E-state index contributed by atoms with van der Waals surface area (Å²) in [6.07, 6.45) is 0.884. The van der Waals surface area contributed by atoms with Crippen molar-refractivity contribution >= 4 is 5.97 Å². The fraction of sp³-hybridized carbons (Fsp3) is 0.462. The van der Waals surface area contributed by atoms with E-state index in [-0.39, 0.29) is 6.61 Å². The van der Waals surface area contributed by atoms with Crippen molar-refractivity contribution < 1.29 is 15.0 Å². The molecule has 1 atom stereocenters. The van der Waals surface area contributed by atoms with Crippen LogP contribution in [0.2, 0.25) is 0 Å². The molecule has 0 amide bonds. The Bertz CT molecular complexity index is 340. The summed E-state index contributed by atoms with van der Waals surface area (Å²) in [7, 11) is 1.87. The number of hydrogen-bond acceptors (Lipinski definition) is 3. The van der Waals surface area contributed by atoms with Gasteiger partial charge in [-0.2, -0.15) is 0 Å². The quantitative estimate of drug-likeness (QED) is 0.738. The summed E-state index contributed by atoms with van der Waals surface area (Å²) in [5, 5.41) is 17.7. The Labute approximate surface area is 101 Å². The lowest BCUT2D eigenvalue weighted by Gasteiger charge is -2.19. The Balaban J connectivity index is 2.34. The molecular formula is C13H19NO3. The number of hydrogen-bond donors (Lipinski definition) is 2. The zero-order chi connectivity index (χ0) is 12.7. The van der Waals surface area contributed by atoms with E-state index in [0.29, 0.717) is 6.54 Å². The summed E-state index contributed by atoms with van der Waals surface area (Å²) in [5.41, 5.74) is 1.23. The van der Waals surface area contributed by atoms with Gasteiger partial charge in [-0.1, -0.05) is 30.3 Å². The minimum atomic E-state index is -0.945. The summed E-state index contributed by atoms with van der Waals surface area (Å²) in [6.45, 7) is 0.845.